The summed E-state index contributed by atoms with van der Waals surface area (Å²) in [6.07, 6.45) is 2.86. The molecule has 6 heteroatoms. The molecule has 0 saturated carbocycles. The molecule has 2 aromatic rings. The summed E-state index contributed by atoms with van der Waals surface area (Å²) in [6, 6.07) is 8.19. The van der Waals surface area contributed by atoms with E-state index in [9.17, 15) is 9.90 Å². The van der Waals surface area contributed by atoms with Gasteiger partial charge in [-0.15, -0.1) is 0 Å². The molecule has 3 nitrogen and oxygen atoms in total. The van der Waals surface area contributed by atoms with E-state index in [1.165, 1.54) is 12.1 Å². The Labute approximate surface area is 154 Å². The molecular weight excluding hydrogens is 371 g/mol. The summed E-state index contributed by atoms with van der Waals surface area (Å²) in [5.41, 5.74) is 1.79. The van der Waals surface area contributed by atoms with E-state index in [-0.39, 0.29) is 21.6 Å². The Morgan fingerprint density at radius 3 is 2.50 bits per heavy atom. The standard InChI is InChI=1S/C18H13Cl3O3/c19-13-3-4-16-11(7-13)6-10(2-1-5-24-16)17(22)12-8-14(20)18(23)15(21)9-12/h2-4,7-9,23H,1,5-6H2/b10-2-. The lowest BCUT2D eigenvalue weighted by Gasteiger charge is -2.16. The Morgan fingerprint density at radius 2 is 1.79 bits per heavy atom. The Balaban J connectivity index is 1.97. The molecule has 0 amide bonds. The molecule has 2 aromatic carbocycles. The van der Waals surface area contributed by atoms with Gasteiger partial charge in [0.25, 0.3) is 0 Å². The van der Waals surface area contributed by atoms with E-state index < -0.39 is 0 Å². The van der Waals surface area contributed by atoms with Crippen molar-refractivity contribution in [3.63, 3.8) is 0 Å². The highest BCUT2D eigenvalue weighted by Gasteiger charge is 2.19. The number of fused-ring (bicyclic) bond motifs is 1. The van der Waals surface area contributed by atoms with Crippen molar-refractivity contribution >= 4 is 40.6 Å². The van der Waals surface area contributed by atoms with Gasteiger partial charge in [-0.1, -0.05) is 40.9 Å². The molecule has 0 radical (unpaired) electrons. The number of phenols is 1. The molecule has 24 heavy (non-hydrogen) atoms. The summed E-state index contributed by atoms with van der Waals surface area (Å²) in [4.78, 5) is 12.8. The quantitative estimate of drug-likeness (QED) is 0.698. The van der Waals surface area contributed by atoms with Gasteiger partial charge in [0, 0.05) is 34.6 Å². The van der Waals surface area contributed by atoms with Crippen LogP contribution in [0.1, 0.15) is 22.3 Å². The van der Waals surface area contributed by atoms with E-state index in [1.807, 2.05) is 6.08 Å². The molecule has 1 aliphatic heterocycles. The number of rotatable bonds is 2. The second-order valence-electron chi connectivity index (χ2n) is 5.41. The normalized spacial score (nSPS) is 16.2. The summed E-state index contributed by atoms with van der Waals surface area (Å²) in [5.74, 6) is 0.304. The van der Waals surface area contributed by atoms with Crippen molar-refractivity contribution < 1.29 is 14.6 Å². The summed E-state index contributed by atoms with van der Waals surface area (Å²) in [7, 11) is 0. The van der Waals surface area contributed by atoms with Crippen LogP contribution < -0.4 is 4.74 Å². The van der Waals surface area contributed by atoms with Crippen LogP contribution in [0.4, 0.5) is 0 Å². The maximum atomic E-state index is 12.8. The van der Waals surface area contributed by atoms with Crippen LogP contribution in [-0.2, 0) is 6.42 Å². The van der Waals surface area contributed by atoms with Crippen molar-refractivity contribution in [2.45, 2.75) is 12.8 Å². The Bertz CT molecular complexity index is 820. The van der Waals surface area contributed by atoms with Crippen LogP contribution >= 0.6 is 34.8 Å². The second-order valence-corrected chi connectivity index (χ2v) is 6.66. The number of carbonyl (C=O) groups excluding carboxylic acids is 1. The third kappa shape index (κ3) is 3.54. The second kappa shape index (κ2) is 7.06. The Hall–Kier alpha value is -1.68. The number of ether oxygens (including phenoxy) is 1. The molecule has 3 rings (SSSR count). The number of benzene rings is 2. The number of aromatic hydroxyl groups is 1. The third-order valence-corrected chi connectivity index (χ3v) is 4.55. The third-order valence-electron chi connectivity index (χ3n) is 3.74. The first-order valence-corrected chi connectivity index (χ1v) is 8.42. The zero-order valence-electron chi connectivity index (χ0n) is 12.5. The summed E-state index contributed by atoms with van der Waals surface area (Å²) >= 11 is 17.9. The first kappa shape index (κ1) is 17.2. The van der Waals surface area contributed by atoms with Crippen LogP contribution in [-0.4, -0.2) is 17.5 Å². The van der Waals surface area contributed by atoms with Crippen molar-refractivity contribution in [3.05, 3.63) is 68.2 Å². The number of hydrogen-bond acceptors (Lipinski definition) is 3. The first-order valence-electron chi connectivity index (χ1n) is 7.28. The average molecular weight is 384 g/mol. The SMILES string of the molecule is O=C(/C1=C\CCOc2ccc(Cl)cc2C1)c1cc(Cl)c(O)c(Cl)c1. The smallest absolute Gasteiger partial charge is 0.189 e. The molecule has 124 valence electrons. The van der Waals surface area contributed by atoms with Gasteiger partial charge in [-0.3, -0.25) is 4.79 Å². The molecule has 1 heterocycles. The van der Waals surface area contributed by atoms with E-state index in [4.69, 9.17) is 39.5 Å². The van der Waals surface area contributed by atoms with Crippen LogP contribution in [0.15, 0.2) is 42.0 Å². The fraction of sp³-hybridized carbons (Fsp3) is 0.167. The summed E-state index contributed by atoms with van der Waals surface area (Å²) in [5, 5.41) is 10.3. The van der Waals surface area contributed by atoms with Crippen LogP contribution in [0.5, 0.6) is 11.5 Å². The maximum Gasteiger partial charge on any atom is 0.189 e. The molecule has 1 N–H and O–H groups in total. The highest BCUT2D eigenvalue weighted by Crippen LogP contribution is 2.34. The lowest BCUT2D eigenvalue weighted by atomic mass is 9.95. The molecule has 0 atom stereocenters. The molecule has 0 fully saturated rings. The zero-order valence-corrected chi connectivity index (χ0v) is 14.8. The predicted molar refractivity (Wildman–Crippen MR) is 95.8 cm³/mol. The number of halogens is 3. The molecule has 1 aliphatic rings. The minimum Gasteiger partial charge on any atom is -0.505 e. The lowest BCUT2D eigenvalue weighted by molar-refractivity contribution is 0.103. The fourth-order valence-electron chi connectivity index (χ4n) is 2.56. The molecule has 0 unspecified atom stereocenters. The minimum atomic E-state index is -0.230. The molecular formula is C18H13Cl3O3. The maximum absolute atomic E-state index is 12.8. The van der Waals surface area contributed by atoms with Gasteiger partial charge in [-0.25, -0.2) is 0 Å². The van der Waals surface area contributed by atoms with Gasteiger partial charge in [0.05, 0.1) is 16.7 Å². The number of phenolic OH excluding ortho intramolecular Hbond substituents is 1. The average Bonchev–Trinajstić information content (AvgIpc) is 2.53. The Morgan fingerprint density at radius 1 is 1.08 bits per heavy atom. The highest BCUT2D eigenvalue weighted by atomic mass is 35.5. The molecule has 0 aromatic heterocycles. The van der Waals surface area contributed by atoms with E-state index in [0.717, 1.165) is 11.3 Å². The van der Waals surface area contributed by atoms with Gasteiger partial charge < -0.3 is 9.84 Å². The number of Topliss-reactive ketones (excluding diaryl/α,β-unsaturated/α-hetero) is 1. The van der Waals surface area contributed by atoms with Crippen molar-refractivity contribution in [2.24, 2.45) is 0 Å². The van der Waals surface area contributed by atoms with E-state index >= 15 is 0 Å². The number of allylic oxidation sites excluding steroid dienone is 1. The lowest BCUT2D eigenvalue weighted by Crippen LogP contribution is -2.11. The minimum absolute atomic E-state index is 0.0454. The topological polar surface area (TPSA) is 46.5 Å². The van der Waals surface area contributed by atoms with Gasteiger partial charge in [-0.05, 0) is 30.3 Å². The first-order chi connectivity index (χ1) is 11.5. The number of ketones is 1. The van der Waals surface area contributed by atoms with E-state index in [2.05, 4.69) is 0 Å². The van der Waals surface area contributed by atoms with Gasteiger partial charge >= 0.3 is 0 Å². The fourth-order valence-corrected chi connectivity index (χ4v) is 3.24. The number of hydrogen-bond donors (Lipinski definition) is 1. The van der Waals surface area contributed by atoms with Crippen LogP contribution in [0.2, 0.25) is 15.1 Å². The van der Waals surface area contributed by atoms with Crippen molar-refractivity contribution in [3.8, 4) is 11.5 Å². The van der Waals surface area contributed by atoms with Crippen molar-refractivity contribution in [2.75, 3.05) is 6.61 Å². The van der Waals surface area contributed by atoms with E-state index in [1.54, 1.807) is 18.2 Å². The predicted octanol–water partition coefficient (Wildman–Crippen LogP) is 5.49. The van der Waals surface area contributed by atoms with Gasteiger partial charge in [0.15, 0.2) is 11.5 Å². The van der Waals surface area contributed by atoms with Gasteiger partial charge in [-0.2, -0.15) is 0 Å². The molecule has 0 bridgehead atoms. The van der Waals surface area contributed by atoms with Crippen LogP contribution in [0.25, 0.3) is 0 Å². The van der Waals surface area contributed by atoms with Gasteiger partial charge in [0.1, 0.15) is 5.75 Å². The molecule has 0 saturated heterocycles. The summed E-state index contributed by atoms with van der Waals surface area (Å²) < 4.78 is 5.68. The van der Waals surface area contributed by atoms with Crippen molar-refractivity contribution in [1.29, 1.82) is 0 Å². The van der Waals surface area contributed by atoms with Crippen molar-refractivity contribution in [1.82, 2.24) is 0 Å². The van der Waals surface area contributed by atoms with Crippen LogP contribution in [0.3, 0.4) is 0 Å². The molecule has 0 aliphatic carbocycles. The monoisotopic (exact) mass is 382 g/mol. The van der Waals surface area contributed by atoms with Gasteiger partial charge in [0.2, 0.25) is 0 Å². The number of carbonyl (C=O) groups is 1. The molecule has 0 spiro atoms. The largest absolute Gasteiger partial charge is 0.505 e. The zero-order chi connectivity index (χ0) is 17.3. The van der Waals surface area contributed by atoms with Crippen LogP contribution in [0, 0.1) is 0 Å². The Kier molecular flexibility index (Phi) is 5.04. The summed E-state index contributed by atoms with van der Waals surface area (Å²) in [6.45, 7) is 0.475. The van der Waals surface area contributed by atoms with E-state index in [0.29, 0.717) is 35.6 Å². The highest BCUT2D eigenvalue weighted by molar-refractivity contribution is 6.37.